The van der Waals surface area contributed by atoms with E-state index in [2.05, 4.69) is 15.1 Å². The summed E-state index contributed by atoms with van der Waals surface area (Å²) < 4.78 is 28.9. The van der Waals surface area contributed by atoms with E-state index in [0.717, 1.165) is 4.31 Å². The van der Waals surface area contributed by atoms with E-state index >= 15 is 0 Å². The Hall–Kier alpha value is -2.72. The number of nitrogens with zero attached hydrogens (tertiary/aromatic N) is 5. The number of hydrogen-bond donors (Lipinski definition) is 1. The molecule has 9 nitrogen and oxygen atoms in total. The number of carbonyl (C=O) groups is 1. The molecule has 0 bridgehead atoms. The highest BCUT2D eigenvalue weighted by atomic mass is 35.5. The summed E-state index contributed by atoms with van der Waals surface area (Å²) in [4.78, 5) is 19.9. The largest absolute Gasteiger partial charge is 0.478 e. The van der Waals surface area contributed by atoms with Crippen LogP contribution >= 0.6 is 11.6 Å². The van der Waals surface area contributed by atoms with Crippen LogP contribution in [0.2, 0.25) is 5.02 Å². The molecular weight excluding hydrogens is 406 g/mol. The van der Waals surface area contributed by atoms with Gasteiger partial charge in [0.25, 0.3) is 10.9 Å². The highest BCUT2D eigenvalue weighted by molar-refractivity contribution is 7.92. The molecule has 1 N–H and O–H groups in total. The van der Waals surface area contributed by atoms with Crippen LogP contribution in [0.3, 0.4) is 0 Å². The predicted octanol–water partition coefficient (Wildman–Crippen LogP) is 2.62. The standard InChI is InChI=1S/C17H18ClN5O4S/c1-5-22(14-11(4)13(18)7-6-12(14)15(24)25)28(26,27)17-20-16-19-9(2)8-10(3)23(16)21-17/h6-8H,5H2,1-4H3,(H,24,25). The third kappa shape index (κ3) is 3.18. The van der Waals surface area contributed by atoms with Gasteiger partial charge in [-0.2, -0.15) is 13.4 Å². The number of rotatable bonds is 5. The van der Waals surface area contributed by atoms with Crippen LogP contribution in [0.1, 0.15) is 34.2 Å². The topological polar surface area (TPSA) is 118 Å². The molecule has 1 aromatic carbocycles. The van der Waals surface area contributed by atoms with Crippen molar-refractivity contribution in [2.45, 2.75) is 32.9 Å². The summed E-state index contributed by atoms with van der Waals surface area (Å²) in [5, 5.41) is 13.4. The zero-order valence-corrected chi connectivity index (χ0v) is 17.2. The van der Waals surface area contributed by atoms with Crippen molar-refractivity contribution in [2.75, 3.05) is 10.8 Å². The molecule has 3 aromatic rings. The van der Waals surface area contributed by atoms with E-state index in [1.807, 2.05) is 0 Å². The van der Waals surface area contributed by atoms with Gasteiger partial charge in [0.1, 0.15) is 0 Å². The van der Waals surface area contributed by atoms with Gasteiger partial charge in [0.05, 0.1) is 11.3 Å². The molecule has 0 spiro atoms. The molecule has 28 heavy (non-hydrogen) atoms. The molecule has 0 saturated heterocycles. The molecule has 2 aromatic heterocycles. The van der Waals surface area contributed by atoms with Crippen molar-refractivity contribution >= 4 is 39.1 Å². The number of aromatic nitrogens is 4. The van der Waals surface area contributed by atoms with Crippen molar-refractivity contribution in [2.24, 2.45) is 0 Å². The second-order valence-corrected chi connectivity index (χ2v) is 8.35. The lowest BCUT2D eigenvalue weighted by Crippen LogP contribution is -2.33. The Bertz CT molecular complexity index is 1210. The Labute approximate surface area is 166 Å². The Balaban J connectivity index is 2.25. The molecule has 0 radical (unpaired) electrons. The van der Waals surface area contributed by atoms with Gasteiger partial charge in [-0.25, -0.2) is 14.3 Å². The number of carboxylic acid groups (broad SMARTS) is 1. The molecule has 2 heterocycles. The first-order chi connectivity index (χ1) is 13.1. The van der Waals surface area contributed by atoms with Gasteiger partial charge in [-0.3, -0.25) is 4.31 Å². The Kier molecular flexibility index (Phi) is 5.02. The number of benzene rings is 1. The number of hydrogen-bond acceptors (Lipinski definition) is 6. The van der Waals surface area contributed by atoms with Crippen LogP contribution in [0.5, 0.6) is 0 Å². The number of aromatic carboxylic acids is 1. The van der Waals surface area contributed by atoms with Crippen LogP contribution < -0.4 is 4.31 Å². The van der Waals surface area contributed by atoms with E-state index in [1.165, 1.54) is 16.6 Å². The SMILES string of the molecule is CCN(c1c(C(=O)O)ccc(Cl)c1C)S(=O)(=O)c1nc2nc(C)cc(C)n2n1. The summed E-state index contributed by atoms with van der Waals surface area (Å²) in [5.41, 5.74) is 1.49. The molecule has 3 rings (SSSR count). The second-order valence-electron chi connectivity index (χ2n) is 6.19. The quantitative estimate of drug-likeness (QED) is 0.670. The lowest BCUT2D eigenvalue weighted by atomic mass is 10.1. The number of anilines is 1. The highest BCUT2D eigenvalue weighted by Crippen LogP contribution is 2.34. The van der Waals surface area contributed by atoms with Gasteiger partial charge in [-0.05, 0) is 51.5 Å². The minimum atomic E-state index is -4.26. The van der Waals surface area contributed by atoms with Gasteiger partial charge in [-0.15, -0.1) is 5.10 Å². The zero-order valence-electron chi connectivity index (χ0n) is 15.6. The first kappa shape index (κ1) is 20.0. The van der Waals surface area contributed by atoms with Crippen molar-refractivity contribution in [3.63, 3.8) is 0 Å². The van der Waals surface area contributed by atoms with Gasteiger partial charge in [0, 0.05) is 23.0 Å². The fourth-order valence-corrected chi connectivity index (χ4v) is 4.52. The van der Waals surface area contributed by atoms with Crippen molar-refractivity contribution < 1.29 is 18.3 Å². The minimum Gasteiger partial charge on any atom is -0.478 e. The highest BCUT2D eigenvalue weighted by Gasteiger charge is 2.33. The Morgan fingerprint density at radius 3 is 2.54 bits per heavy atom. The molecule has 148 valence electrons. The summed E-state index contributed by atoms with van der Waals surface area (Å²) in [7, 11) is -4.26. The summed E-state index contributed by atoms with van der Waals surface area (Å²) >= 11 is 6.13. The van der Waals surface area contributed by atoms with Gasteiger partial charge in [-0.1, -0.05) is 11.6 Å². The summed E-state index contributed by atoms with van der Waals surface area (Å²) in [6.07, 6.45) is 0. The number of sulfonamides is 1. The monoisotopic (exact) mass is 423 g/mol. The first-order valence-corrected chi connectivity index (χ1v) is 10.2. The summed E-state index contributed by atoms with van der Waals surface area (Å²) in [5.74, 6) is -1.12. The van der Waals surface area contributed by atoms with Gasteiger partial charge in [0.15, 0.2) is 0 Å². The van der Waals surface area contributed by atoms with Gasteiger partial charge in [0.2, 0.25) is 0 Å². The molecule has 0 unspecified atom stereocenters. The lowest BCUT2D eigenvalue weighted by Gasteiger charge is -2.25. The van der Waals surface area contributed by atoms with E-state index in [9.17, 15) is 18.3 Å². The van der Waals surface area contributed by atoms with E-state index in [1.54, 1.807) is 33.8 Å². The zero-order chi connectivity index (χ0) is 20.8. The maximum Gasteiger partial charge on any atom is 0.337 e. The average molecular weight is 424 g/mol. The van der Waals surface area contributed by atoms with Crippen LogP contribution in [-0.4, -0.2) is 45.6 Å². The Morgan fingerprint density at radius 2 is 1.93 bits per heavy atom. The summed E-state index contributed by atoms with van der Waals surface area (Å²) in [6, 6.07) is 4.44. The third-order valence-electron chi connectivity index (χ3n) is 4.25. The number of halogens is 1. The molecule has 11 heteroatoms. The fourth-order valence-electron chi connectivity index (χ4n) is 2.97. The van der Waals surface area contributed by atoms with E-state index in [0.29, 0.717) is 17.0 Å². The van der Waals surface area contributed by atoms with Gasteiger partial charge >= 0.3 is 16.0 Å². The smallest absolute Gasteiger partial charge is 0.337 e. The van der Waals surface area contributed by atoms with Crippen LogP contribution in [0.25, 0.3) is 5.78 Å². The van der Waals surface area contributed by atoms with E-state index < -0.39 is 21.1 Å². The van der Waals surface area contributed by atoms with E-state index in [4.69, 9.17) is 11.6 Å². The second kappa shape index (κ2) is 7.02. The normalized spacial score (nSPS) is 11.8. The number of aryl methyl sites for hydroxylation is 2. The minimum absolute atomic E-state index is 0.0118. The van der Waals surface area contributed by atoms with Crippen molar-refractivity contribution in [3.05, 3.63) is 45.7 Å². The number of fused-ring (bicyclic) bond motifs is 1. The Morgan fingerprint density at radius 1 is 1.25 bits per heavy atom. The first-order valence-electron chi connectivity index (χ1n) is 8.34. The molecule has 0 aliphatic heterocycles. The molecule has 0 atom stereocenters. The van der Waals surface area contributed by atoms with E-state index in [-0.39, 0.29) is 28.6 Å². The van der Waals surface area contributed by atoms with Crippen molar-refractivity contribution in [3.8, 4) is 0 Å². The van der Waals surface area contributed by atoms with Crippen LogP contribution in [0, 0.1) is 20.8 Å². The molecule has 0 amide bonds. The third-order valence-corrected chi connectivity index (χ3v) is 6.32. The molecule has 0 saturated carbocycles. The molecule has 0 aliphatic carbocycles. The maximum absolute atomic E-state index is 13.3. The van der Waals surface area contributed by atoms with Crippen LogP contribution in [0.15, 0.2) is 23.4 Å². The van der Waals surface area contributed by atoms with Crippen molar-refractivity contribution in [1.82, 2.24) is 19.6 Å². The fraction of sp³-hybridized carbons (Fsp3) is 0.294. The van der Waals surface area contributed by atoms with Crippen LogP contribution in [0.4, 0.5) is 5.69 Å². The van der Waals surface area contributed by atoms with Gasteiger partial charge < -0.3 is 5.11 Å². The lowest BCUT2D eigenvalue weighted by molar-refractivity contribution is 0.0697. The maximum atomic E-state index is 13.3. The molecule has 0 aliphatic rings. The molecule has 0 fully saturated rings. The summed E-state index contributed by atoms with van der Waals surface area (Å²) in [6.45, 7) is 6.64. The van der Waals surface area contributed by atoms with Crippen molar-refractivity contribution in [1.29, 1.82) is 0 Å². The molecular formula is C17H18ClN5O4S. The van der Waals surface area contributed by atoms with Crippen LogP contribution in [-0.2, 0) is 10.0 Å². The average Bonchev–Trinajstić information content (AvgIpc) is 3.04. The predicted molar refractivity (Wildman–Crippen MR) is 104 cm³/mol. The number of carboxylic acids is 1.